The molecular formula is C14H20N2O4S. The van der Waals surface area contributed by atoms with Crippen molar-refractivity contribution in [3.05, 3.63) is 29.8 Å². The van der Waals surface area contributed by atoms with Crippen molar-refractivity contribution in [1.29, 1.82) is 0 Å². The number of esters is 1. The maximum Gasteiger partial charge on any atom is 0.310 e. The van der Waals surface area contributed by atoms with Crippen LogP contribution in [0.25, 0.3) is 0 Å². The van der Waals surface area contributed by atoms with Gasteiger partial charge in [0.05, 0.1) is 18.4 Å². The van der Waals surface area contributed by atoms with Crippen molar-refractivity contribution < 1.29 is 17.9 Å². The van der Waals surface area contributed by atoms with Gasteiger partial charge in [-0.1, -0.05) is 18.2 Å². The van der Waals surface area contributed by atoms with Crippen LogP contribution in [-0.2, 0) is 26.0 Å². The summed E-state index contributed by atoms with van der Waals surface area (Å²) in [5, 5.41) is 0. The summed E-state index contributed by atoms with van der Waals surface area (Å²) in [5.41, 5.74) is 0.475. The largest absolute Gasteiger partial charge is 0.469 e. The van der Waals surface area contributed by atoms with Crippen LogP contribution in [0.2, 0.25) is 0 Å². The highest BCUT2D eigenvalue weighted by Crippen LogP contribution is 2.22. The average molecular weight is 312 g/mol. The van der Waals surface area contributed by atoms with Gasteiger partial charge in [0, 0.05) is 26.2 Å². The summed E-state index contributed by atoms with van der Waals surface area (Å²) in [6.45, 7) is 2.34. The van der Waals surface area contributed by atoms with Crippen molar-refractivity contribution in [2.75, 3.05) is 40.3 Å². The molecule has 21 heavy (non-hydrogen) atoms. The fourth-order valence-electron chi connectivity index (χ4n) is 2.30. The fourth-order valence-corrected chi connectivity index (χ4v) is 3.94. The molecule has 1 saturated heterocycles. The van der Waals surface area contributed by atoms with Crippen molar-refractivity contribution in [2.24, 2.45) is 0 Å². The SMILES string of the molecule is COC(=O)Cc1ccccc1S(=O)(=O)N1CCN(C)CC1. The normalized spacial score (nSPS) is 17.6. The van der Waals surface area contributed by atoms with Gasteiger partial charge in [0.1, 0.15) is 0 Å². The highest BCUT2D eigenvalue weighted by molar-refractivity contribution is 7.89. The van der Waals surface area contributed by atoms with E-state index in [0.717, 1.165) is 0 Å². The van der Waals surface area contributed by atoms with Crippen LogP contribution in [0, 0.1) is 0 Å². The van der Waals surface area contributed by atoms with Crippen LogP contribution in [0.5, 0.6) is 0 Å². The summed E-state index contributed by atoms with van der Waals surface area (Å²) in [5.74, 6) is -0.448. The van der Waals surface area contributed by atoms with Crippen LogP contribution in [0.1, 0.15) is 5.56 Å². The Bertz CT molecular complexity index is 607. The van der Waals surface area contributed by atoms with E-state index in [-0.39, 0.29) is 11.3 Å². The molecule has 1 aromatic rings. The average Bonchev–Trinajstić information content (AvgIpc) is 2.48. The van der Waals surface area contributed by atoms with Crippen LogP contribution in [0.4, 0.5) is 0 Å². The van der Waals surface area contributed by atoms with Gasteiger partial charge >= 0.3 is 5.97 Å². The van der Waals surface area contributed by atoms with Crippen LogP contribution in [0.3, 0.4) is 0 Å². The van der Waals surface area contributed by atoms with Gasteiger partial charge in [0.15, 0.2) is 0 Å². The zero-order valence-corrected chi connectivity index (χ0v) is 13.1. The third-order valence-corrected chi connectivity index (χ3v) is 5.61. The lowest BCUT2D eigenvalue weighted by atomic mass is 10.1. The maximum absolute atomic E-state index is 12.7. The Labute approximate surface area is 125 Å². The number of carbonyl (C=O) groups excluding carboxylic acids is 1. The molecule has 1 heterocycles. The number of methoxy groups -OCH3 is 1. The van der Waals surface area contributed by atoms with E-state index in [4.69, 9.17) is 0 Å². The standard InChI is InChI=1S/C14H20N2O4S/c1-15-7-9-16(10-8-15)21(18,19)13-6-4-3-5-12(13)11-14(17)20-2/h3-6H,7-11H2,1-2H3. The minimum Gasteiger partial charge on any atom is -0.469 e. The zero-order chi connectivity index (χ0) is 15.5. The van der Waals surface area contributed by atoms with E-state index in [1.54, 1.807) is 24.3 Å². The lowest BCUT2D eigenvalue weighted by molar-refractivity contribution is -0.139. The van der Waals surface area contributed by atoms with Crippen molar-refractivity contribution in [3.63, 3.8) is 0 Å². The van der Waals surface area contributed by atoms with Crippen molar-refractivity contribution in [1.82, 2.24) is 9.21 Å². The summed E-state index contributed by atoms with van der Waals surface area (Å²) < 4.78 is 31.6. The Morgan fingerprint density at radius 3 is 2.43 bits per heavy atom. The molecule has 0 saturated carbocycles. The number of rotatable bonds is 4. The van der Waals surface area contributed by atoms with E-state index in [1.165, 1.54) is 11.4 Å². The Morgan fingerprint density at radius 1 is 1.19 bits per heavy atom. The molecule has 6 nitrogen and oxygen atoms in total. The number of benzene rings is 1. The minimum atomic E-state index is -3.57. The summed E-state index contributed by atoms with van der Waals surface area (Å²) in [4.78, 5) is 13.7. The van der Waals surface area contributed by atoms with Gasteiger partial charge in [-0.15, -0.1) is 0 Å². The third-order valence-electron chi connectivity index (χ3n) is 3.62. The van der Waals surface area contributed by atoms with Gasteiger partial charge in [-0.2, -0.15) is 4.31 Å². The molecule has 1 fully saturated rings. The number of hydrogen-bond donors (Lipinski definition) is 0. The van der Waals surface area contributed by atoms with Gasteiger partial charge < -0.3 is 9.64 Å². The van der Waals surface area contributed by atoms with Crippen LogP contribution >= 0.6 is 0 Å². The van der Waals surface area contributed by atoms with Gasteiger partial charge in [-0.3, -0.25) is 4.79 Å². The number of piperazine rings is 1. The van der Waals surface area contributed by atoms with Crippen molar-refractivity contribution in [3.8, 4) is 0 Å². The molecule has 0 spiro atoms. The predicted molar refractivity (Wildman–Crippen MR) is 78.4 cm³/mol. The third kappa shape index (κ3) is 3.61. The quantitative estimate of drug-likeness (QED) is 0.750. The monoisotopic (exact) mass is 312 g/mol. The van der Waals surface area contributed by atoms with E-state index in [9.17, 15) is 13.2 Å². The molecule has 1 aliphatic rings. The smallest absolute Gasteiger partial charge is 0.310 e. The summed E-state index contributed by atoms with van der Waals surface area (Å²) >= 11 is 0. The number of hydrogen-bond acceptors (Lipinski definition) is 5. The molecule has 1 aliphatic heterocycles. The second kappa shape index (κ2) is 6.55. The topological polar surface area (TPSA) is 66.9 Å². The highest BCUT2D eigenvalue weighted by Gasteiger charge is 2.29. The molecule has 0 radical (unpaired) electrons. The Hall–Kier alpha value is -1.44. The number of sulfonamides is 1. The first-order valence-electron chi connectivity index (χ1n) is 6.78. The molecule has 0 atom stereocenters. The highest BCUT2D eigenvalue weighted by atomic mass is 32.2. The summed E-state index contributed by atoms with van der Waals surface area (Å²) in [7, 11) is -0.312. The Morgan fingerprint density at radius 2 is 1.81 bits per heavy atom. The molecule has 0 unspecified atom stereocenters. The molecule has 116 valence electrons. The van der Waals surface area contributed by atoms with Crippen LogP contribution < -0.4 is 0 Å². The van der Waals surface area contributed by atoms with Crippen LogP contribution in [0.15, 0.2) is 29.2 Å². The Balaban J connectivity index is 2.29. The van der Waals surface area contributed by atoms with Gasteiger partial charge in [-0.25, -0.2) is 8.42 Å². The first-order chi connectivity index (χ1) is 9.95. The van der Waals surface area contributed by atoms with Gasteiger partial charge in [0.25, 0.3) is 0 Å². The first kappa shape index (κ1) is 15.9. The van der Waals surface area contributed by atoms with E-state index in [1.807, 2.05) is 7.05 Å². The molecule has 2 rings (SSSR count). The second-order valence-electron chi connectivity index (χ2n) is 5.07. The van der Waals surface area contributed by atoms with Crippen LogP contribution in [-0.4, -0.2) is 63.9 Å². The van der Waals surface area contributed by atoms with E-state index in [2.05, 4.69) is 9.64 Å². The Kier molecular flexibility index (Phi) is 4.97. The molecule has 1 aromatic carbocycles. The molecule has 7 heteroatoms. The van der Waals surface area contributed by atoms with Gasteiger partial charge in [0.2, 0.25) is 10.0 Å². The molecule has 0 aliphatic carbocycles. The van der Waals surface area contributed by atoms with Gasteiger partial charge in [-0.05, 0) is 18.7 Å². The van der Waals surface area contributed by atoms with E-state index >= 15 is 0 Å². The molecule has 0 N–H and O–H groups in total. The number of ether oxygens (including phenoxy) is 1. The number of nitrogens with zero attached hydrogens (tertiary/aromatic N) is 2. The summed E-state index contributed by atoms with van der Waals surface area (Å²) in [6, 6.07) is 6.59. The first-order valence-corrected chi connectivity index (χ1v) is 8.22. The minimum absolute atomic E-state index is 0.0420. The molecule has 0 bridgehead atoms. The summed E-state index contributed by atoms with van der Waals surface area (Å²) in [6.07, 6.45) is -0.0420. The van der Waals surface area contributed by atoms with E-state index in [0.29, 0.717) is 31.7 Å². The lowest BCUT2D eigenvalue weighted by Crippen LogP contribution is -2.47. The van der Waals surface area contributed by atoms with Crippen molar-refractivity contribution >= 4 is 16.0 Å². The fraction of sp³-hybridized carbons (Fsp3) is 0.500. The molecular weight excluding hydrogens is 292 g/mol. The number of likely N-dealkylation sites (N-methyl/N-ethyl adjacent to an activating group) is 1. The predicted octanol–water partition coefficient (Wildman–Crippen LogP) is 0.338. The lowest BCUT2D eigenvalue weighted by Gasteiger charge is -2.32. The molecule has 0 amide bonds. The maximum atomic E-state index is 12.7. The second-order valence-corrected chi connectivity index (χ2v) is 6.97. The van der Waals surface area contributed by atoms with Crippen molar-refractivity contribution in [2.45, 2.75) is 11.3 Å². The zero-order valence-electron chi connectivity index (χ0n) is 12.3. The molecule has 0 aromatic heterocycles. The number of carbonyl (C=O) groups is 1. The van der Waals surface area contributed by atoms with E-state index < -0.39 is 16.0 Å².